The summed E-state index contributed by atoms with van der Waals surface area (Å²) in [5.74, 6) is -0.911. The summed E-state index contributed by atoms with van der Waals surface area (Å²) >= 11 is 0. The molecule has 16 nitrogen and oxygen atoms in total. The van der Waals surface area contributed by atoms with Crippen LogP contribution in [0.5, 0.6) is 5.75 Å². The van der Waals surface area contributed by atoms with Crippen LogP contribution in [0.25, 0.3) is 0 Å². The Morgan fingerprint density at radius 3 is 2.18 bits per heavy atom. The lowest BCUT2D eigenvalue weighted by atomic mass is 9.65. The maximum atomic E-state index is 16.2. The molecule has 342 valence electrons. The number of aliphatic hydroxyl groups is 1. The quantitative estimate of drug-likeness (QED) is 0.0422. The van der Waals surface area contributed by atoms with E-state index in [0.29, 0.717) is 22.4 Å². The van der Waals surface area contributed by atoms with Crippen molar-refractivity contribution in [2.75, 3.05) is 59.2 Å². The summed E-state index contributed by atoms with van der Waals surface area (Å²) < 4.78 is 32.8. The number of hydrogen-bond acceptors (Lipinski definition) is 14. The van der Waals surface area contributed by atoms with Crippen LogP contribution in [0.4, 0.5) is 10.5 Å². The molecule has 3 aliphatic rings. The van der Waals surface area contributed by atoms with Gasteiger partial charge in [-0.05, 0) is 52.6 Å². The predicted octanol–water partition coefficient (Wildman–Crippen LogP) is 4.51. The van der Waals surface area contributed by atoms with Crippen LogP contribution in [-0.4, -0.2) is 106 Å². The number of cyclic esters (lactones) is 1. The number of nitrogens with one attached hydrogen (secondary N) is 1. The Morgan fingerprint density at radius 2 is 1.53 bits per heavy atom. The molecule has 0 bridgehead atoms. The van der Waals surface area contributed by atoms with E-state index in [2.05, 4.69) is 23.7 Å². The zero-order valence-corrected chi connectivity index (χ0v) is 36.5. The zero-order chi connectivity index (χ0) is 47.0. The van der Waals surface area contributed by atoms with E-state index >= 15 is 14.4 Å². The van der Waals surface area contributed by atoms with Crippen LogP contribution in [-0.2, 0) is 53.1 Å². The van der Waals surface area contributed by atoms with Gasteiger partial charge in [0.1, 0.15) is 36.5 Å². The average molecular weight is 900 g/mol. The number of benzene rings is 4. The van der Waals surface area contributed by atoms with Crippen molar-refractivity contribution in [3.05, 3.63) is 144 Å². The van der Waals surface area contributed by atoms with E-state index < -0.39 is 77.3 Å². The molecule has 1 spiro atoms. The van der Waals surface area contributed by atoms with Gasteiger partial charge in [-0.2, -0.15) is 0 Å². The number of rotatable bonds is 15. The van der Waals surface area contributed by atoms with Gasteiger partial charge >= 0.3 is 24.0 Å². The summed E-state index contributed by atoms with van der Waals surface area (Å²) in [5, 5.41) is 12.6. The molecule has 2 N–H and O–H groups in total. The number of fused-ring (bicyclic) bond motifs is 3. The highest BCUT2D eigenvalue weighted by atomic mass is 16.6. The van der Waals surface area contributed by atoms with Crippen molar-refractivity contribution in [3.63, 3.8) is 0 Å². The van der Waals surface area contributed by atoms with Crippen molar-refractivity contribution in [2.45, 2.75) is 36.1 Å². The molecule has 6 unspecified atom stereocenters. The van der Waals surface area contributed by atoms with Crippen LogP contribution in [0.3, 0.4) is 0 Å². The Kier molecular flexibility index (Phi) is 14.6. The van der Waals surface area contributed by atoms with Gasteiger partial charge in [-0.1, -0.05) is 90.7 Å². The topological polar surface area (TPSA) is 197 Å². The monoisotopic (exact) mass is 899 g/mol. The minimum atomic E-state index is -2.14. The number of hydrogen-bond donors (Lipinski definition) is 2. The average Bonchev–Trinajstić information content (AvgIpc) is 3.80. The Labute approximate surface area is 381 Å². The van der Waals surface area contributed by atoms with Crippen molar-refractivity contribution >= 4 is 41.5 Å². The molecule has 2 fully saturated rings. The van der Waals surface area contributed by atoms with Gasteiger partial charge in [0.15, 0.2) is 5.92 Å². The Morgan fingerprint density at radius 1 is 0.848 bits per heavy atom. The Hall–Kier alpha value is -7.32. The first-order chi connectivity index (χ1) is 32.1. The van der Waals surface area contributed by atoms with Crippen molar-refractivity contribution in [2.24, 2.45) is 11.8 Å². The number of carbonyl (C=O) groups is 6. The number of nitrogens with zero attached hydrogens (tertiary/aromatic N) is 2. The number of carbonyl (C=O) groups excluding carboxylic acids is 6. The number of morpholine rings is 1. The van der Waals surface area contributed by atoms with Crippen molar-refractivity contribution in [1.82, 2.24) is 10.2 Å². The van der Waals surface area contributed by atoms with Crippen LogP contribution < -0.4 is 15.0 Å². The molecule has 0 saturated carbocycles. The lowest BCUT2D eigenvalue weighted by Gasteiger charge is -2.46. The minimum Gasteiger partial charge on any atom is -0.491 e. The molecular formula is C50H49N3O13. The number of methoxy groups -OCH3 is 3. The van der Waals surface area contributed by atoms with Crippen LogP contribution in [0.2, 0.25) is 0 Å². The zero-order valence-electron chi connectivity index (χ0n) is 36.5. The van der Waals surface area contributed by atoms with Crippen LogP contribution >= 0.6 is 0 Å². The smallest absolute Gasteiger partial charge is 0.421 e. The molecule has 66 heavy (non-hydrogen) atoms. The van der Waals surface area contributed by atoms with Crippen LogP contribution in [0, 0.1) is 23.7 Å². The van der Waals surface area contributed by atoms with E-state index in [1.54, 1.807) is 36.4 Å². The Bertz CT molecular complexity index is 2520. The fourth-order valence-corrected chi connectivity index (χ4v) is 9.27. The summed E-state index contributed by atoms with van der Waals surface area (Å²) in [4.78, 5) is 88.7. The highest BCUT2D eigenvalue weighted by molar-refractivity contribution is 6.23. The Balaban J connectivity index is 1.56. The summed E-state index contributed by atoms with van der Waals surface area (Å²) in [7, 11) is 3.70. The van der Waals surface area contributed by atoms with Gasteiger partial charge in [0.2, 0.25) is 11.8 Å². The first-order valence-electron chi connectivity index (χ1n) is 21.2. The molecule has 7 rings (SSSR count). The van der Waals surface area contributed by atoms with E-state index in [1.165, 1.54) is 19.3 Å². The van der Waals surface area contributed by atoms with Gasteiger partial charge in [-0.3, -0.25) is 28.9 Å². The highest BCUT2D eigenvalue weighted by Crippen LogP contribution is 2.66. The summed E-state index contributed by atoms with van der Waals surface area (Å²) in [6.07, 6.45) is -0.870. The second kappa shape index (κ2) is 20.7. The third kappa shape index (κ3) is 8.63. The molecule has 3 aliphatic heterocycles. The highest BCUT2D eigenvalue weighted by Gasteiger charge is 2.75. The fraction of sp³-hybridized carbons (Fsp3) is 0.320. The molecule has 0 radical (unpaired) electrons. The second-order valence-electron chi connectivity index (χ2n) is 15.5. The van der Waals surface area contributed by atoms with Crippen molar-refractivity contribution in [3.8, 4) is 17.6 Å². The van der Waals surface area contributed by atoms with E-state index in [4.69, 9.17) is 28.4 Å². The molecule has 4 aromatic carbocycles. The standard InChI is InChI=1S/C50H49N3O13/c1-5-24-51-44(55)39-41-47(58)66-42(33-17-10-7-11-18-33)40(32-15-8-6-9-16-32)53(41)43(34-19-13-20-35(30-34)64-26-25-54)50(39)37-29-31(14-12-21-36(45(56)62-3)46(57)63-4)22-23-38(37)52(48(50)59)49(60)65-28-27-61-2/h5-11,13,15-20,22-23,29-30,36,39-43,54H,1,21,24-28H2,2-4H3,(H,51,55). The van der Waals surface area contributed by atoms with Gasteiger partial charge in [0.05, 0.1) is 51.1 Å². The molecular weight excluding hydrogens is 851 g/mol. The number of imide groups is 1. The number of amides is 3. The first kappa shape index (κ1) is 46.7. The van der Waals surface area contributed by atoms with Crippen molar-refractivity contribution < 1.29 is 62.3 Å². The SMILES string of the molecule is C=CCNC(=O)C1C2C(=O)OC(c3ccccc3)C(c3ccccc3)N2C(c2cccc(OCCO)c2)C12C(=O)N(C(=O)OCCOC)c1ccc(C#CCC(C(=O)OC)C(=O)OC)cc12. The predicted molar refractivity (Wildman–Crippen MR) is 236 cm³/mol. The largest absolute Gasteiger partial charge is 0.491 e. The van der Waals surface area contributed by atoms with Crippen molar-refractivity contribution in [1.29, 1.82) is 0 Å². The summed E-state index contributed by atoms with van der Waals surface area (Å²) in [6, 6.07) is 26.2. The normalized spacial score (nSPS) is 21.8. The first-order valence-corrected chi connectivity index (χ1v) is 21.2. The molecule has 6 atom stereocenters. The number of ether oxygens (including phenoxy) is 6. The molecule has 3 amide bonds. The molecule has 0 aliphatic carbocycles. The van der Waals surface area contributed by atoms with Crippen LogP contribution in [0.1, 0.15) is 52.4 Å². The number of anilines is 1. The maximum Gasteiger partial charge on any atom is 0.421 e. The maximum absolute atomic E-state index is 16.2. The van der Waals surface area contributed by atoms with E-state index in [-0.39, 0.29) is 56.2 Å². The summed E-state index contributed by atoms with van der Waals surface area (Å²) in [6.45, 7) is 3.15. The minimum absolute atomic E-state index is 0.00953. The van der Waals surface area contributed by atoms with Gasteiger partial charge in [0.25, 0.3) is 0 Å². The second-order valence-corrected chi connectivity index (χ2v) is 15.5. The number of esters is 3. The molecule has 0 aromatic heterocycles. The van der Waals surface area contributed by atoms with Gasteiger partial charge < -0.3 is 38.8 Å². The fourth-order valence-electron chi connectivity index (χ4n) is 9.27. The molecule has 2 saturated heterocycles. The van der Waals surface area contributed by atoms with Crippen LogP contribution in [0.15, 0.2) is 116 Å². The molecule has 16 heteroatoms. The van der Waals surface area contributed by atoms with E-state index in [9.17, 15) is 19.5 Å². The van der Waals surface area contributed by atoms with Gasteiger partial charge in [-0.25, -0.2) is 9.69 Å². The third-order valence-corrected chi connectivity index (χ3v) is 11.9. The lowest BCUT2D eigenvalue weighted by Crippen LogP contribution is -2.55. The molecule has 4 aromatic rings. The van der Waals surface area contributed by atoms with E-state index in [0.717, 1.165) is 19.1 Å². The van der Waals surface area contributed by atoms with Gasteiger partial charge in [0, 0.05) is 25.6 Å². The van der Waals surface area contributed by atoms with E-state index in [1.807, 2.05) is 65.6 Å². The molecule has 3 heterocycles. The lowest BCUT2D eigenvalue weighted by molar-refractivity contribution is -0.178. The summed E-state index contributed by atoms with van der Waals surface area (Å²) in [5.41, 5.74) is 0.0762. The number of aliphatic hydroxyl groups excluding tert-OH is 1. The third-order valence-electron chi connectivity index (χ3n) is 11.9. The van der Waals surface area contributed by atoms with Gasteiger partial charge in [-0.15, -0.1) is 6.58 Å².